The van der Waals surface area contributed by atoms with E-state index in [1.165, 1.54) is 19.0 Å². The molecular formula is C21H26N4O3. The Morgan fingerprint density at radius 1 is 1.25 bits per heavy atom. The van der Waals surface area contributed by atoms with Crippen molar-refractivity contribution in [2.75, 3.05) is 26.2 Å². The van der Waals surface area contributed by atoms with Gasteiger partial charge >= 0.3 is 5.63 Å². The number of carbonyl (C=O) groups excluding carboxylic acids is 1. The molecule has 0 radical (unpaired) electrons. The van der Waals surface area contributed by atoms with Crippen LogP contribution < -0.4 is 10.9 Å². The maximum atomic E-state index is 12.4. The molecule has 7 nitrogen and oxygen atoms in total. The largest absolute Gasteiger partial charge is 0.422 e. The van der Waals surface area contributed by atoms with E-state index in [0.717, 1.165) is 37.4 Å². The summed E-state index contributed by atoms with van der Waals surface area (Å²) >= 11 is 0. The first-order valence-electron chi connectivity index (χ1n) is 9.98. The minimum atomic E-state index is -0.434. The molecule has 1 saturated heterocycles. The van der Waals surface area contributed by atoms with Crippen LogP contribution in [0.4, 0.5) is 0 Å². The van der Waals surface area contributed by atoms with Crippen LogP contribution in [0.2, 0.25) is 0 Å². The van der Waals surface area contributed by atoms with Gasteiger partial charge in [0.25, 0.3) is 0 Å². The molecule has 0 saturated carbocycles. The summed E-state index contributed by atoms with van der Waals surface area (Å²) in [6, 6.07) is 7.30. The van der Waals surface area contributed by atoms with Gasteiger partial charge in [-0.15, -0.1) is 0 Å². The van der Waals surface area contributed by atoms with Gasteiger partial charge in [0.2, 0.25) is 5.91 Å². The summed E-state index contributed by atoms with van der Waals surface area (Å²) in [7, 11) is 0. The zero-order valence-electron chi connectivity index (χ0n) is 16.2. The first-order valence-corrected chi connectivity index (χ1v) is 9.98. The predicted molar refractivity (Wildman–Crippen MR) is 108 cm³/mol. The highest BCUT2D eigenvalue weighted by atomic mass is 16.4. The van der Waals surface area contributed by atoms with E-state index in [-0.39, 0.29) is 12.5 Å². The molecule has 1 fully saturated rings. The van der Waals surface area contributed by atoms with E-state index in [9.17, 15) is 9.59 Å². The number of amides is 1. The number of hydrogen-bond donors (Lipinski definition) is 1. The third-order valence-electron chi connectivity index (χ3n) is 5.55. The highest BCUT2D eigenvalue weighted by molar-refractivity contribution is 6.02. The molecule has 4 rings (SSSR count). The average Bonchev–Trinajstić information content (AvgIpc) is 3.11. The van der Waals surface area contributed by atoms with Crippen LogP contribution in [-0.4, -0.2) is 46.8 Å². The lowest BCUT2D eigenvalue weighted by Crippen LogP contribution is -2.36. The van der Waals surface area contributed by atoms with E-state index in [0.29, 0.717) is 23.0 Å². The minimum Gasteiger partial charge on any atom is -0.422 e. The molecule has 0 aliphatic carbocycles. The first-order chi connectivity index (χ1) is 13.6. The van der Waals surface area contributed by atoms with Crippen molar-refractivity contribution >= 4 is 27.8 Å². The van der Waals surface area contributed by atoms with E-state index in [1.54, 1.807) is 10.7 Å². The number of aromatic nitrogens is 2. The molecule has 0 unspecified atom stereocenters. The Bertz CT molecular complexity index is 1030. The Morgan fingerprint density at radius 2 is 2.04 bits per heavy atom. The summed E-state index contributed by atoms with van der Waals surface area (Å²) in [5, 5.41) is 8.38. The van der Waals surface area contributed by atoms with E-state index in [4.69, 9.17) is 4.42 Å². The van der Waals surface area contributed by atoms with Crippen molar-refractivity contribution in [2.45, 2.75) is 32.7 Å². The van der Waals surface area contributed by atoms with Gasteiger partial charge in [0.15, 0.2) is 0 Å². The van der Waals surface area contributed by atoms with Crippen LogP contribution in [0.3, 0.4) is 0 Å². The summed E-state index contributed by atoms with van der Waals surface area (Å²) in [5.41, 5.74) is 0.707. The predicted octanol–water partition coefficient (Wildman–Crippen LogP) is 2.38. The van der Waals surface area contributed by atoms with Crippen LogP contribution in [0.5, 0.6) is 0 Å². The number of rotatable bonds is 6. The number of para-hydroxylation sites is 1. The van der Waals surface area contributed by atoms with Crippen molar-refractivity contribution in [1.82, 2.24) is 20.0 Å². The van der Waals surface area contributed by atoms with Gasteiger partial charge in [-0.05, 0) is 56.9 Å². The summed E-state index contributed by atoms with van der Waals surface area (Å²) < 4.78 is 6.90. The first kappa shape index (κ1) is 18.7. The SMILES string of the molecule is CC1CCN(CCCNC(=O)Cn2ncc3c(=O)oc4ccccc4c32)CC1. The van der Waals surface area contributed by atoms with E-state index in [1.807, 2.05) is 18.2 Å². The Labute approximate surface area is 163 Å². The third-order valence-corrected chi connectivity index (χ3v) is 5.55. The topological polar surface area (TPSA) is 80.4 Å². The van der Waals surface area contributed by atoms with E-state index >= 15 is 0 Å². The van der Waals surface area contributed by atoms with Crippen molar-refractivity contribution in [3.05, 3.63) is 40.9 Å². The fraction of sp³-hybridized carbons (Fsp3) is 0.476. The summed E-state index contributed by atoms with van der Waals surface area (Å²) in [6.07, 6.45) is 4.94. The number of fused-ring (bicyclic) bond motifs is 3. The average molecular weight is 382 g/mol. The highest BCUT2D eigenvalue weighted by Crippen LogP contribution is 2.22. The van der Waals surface area contributed by atoms with Crippen LogP contribution in [-0.2, 0) is 11.3 Å². The van der Waals surface area contributed by atoms with Gasteiger partial charge in [-0.3, -0.25) is 9.48 Å². The quantitative estimate of drug-likeness (QED) is 0.523. The van der Waals surface area contributed by atoms with Crippen LogP contribution in [0.1, 0.15) is 26.2 Å². The van der Waals surface area contributed by atoms with Crippen molar-refractivity contribution in [3.8, 4) is 0 Å². The normalized spacial score (nSPS) is 16.0. The van der Waals surface area contributed by atoms with Crippen LogP contribution >= 0.6 is 0 Å². The second-order valence-electron chi connectivity index (χ2n) is 7.68. The summed E-state index contributed by atoms with van der Waals surface area (Å²) in [6.45, 7) is 6.37. The smallest absolute Gasteiger partial charge is 0.347 e. The Hall–Kier alpha value is -2.67. The molecule has 3 heterocycles. The van der Waals surface area contributed by atoms with Gasteiger partial charge in [0.05, 0.1) is 11.7 Å². The standard InChI is InChI=1S/C21H26N4O3/c1-15-7-11-24(12-8-15)10-4-9-22-19(26)14-25-20-16-5-2-3-6-18(16)28-21(27)17(20)13-23-25/h2-3,5-6,13,15H,4,7-12,14H2,1H3,(H,22,26). The van der Waals surface area contributed by atoms with Crippen LogP contribution in [0.15, 0.2) is 39.7 Å². The van der Waals surface area contributed by atoms with Gasteiger partial charge in [0.1, 0.15) is 17.5 Å². The molecule has 28 heavy (non-hydrogen) atoms. The zero-order chi connectivity index (χ0) is 19.5. The van der Waals surface area contributed by atoms with E-state index in [2.05, 4.69) is 22.2 Å². The van der Waals surface area contributed by atoms with Crippen LogP contribution in [0, 0.1) is 5.92 Å². The number of piperidine rings is 1. The molecule has 0 bridgehead atoms. The summed E-state index contributed by atoms with van der Waals surface area (Å²) in [5.74, 6) is 0.730. The molecule has 1 aromatic carbocycles. The number of benzene rings is 1. The third kappa shape index (κ3) is 3.94. The Balaban J connectivity index is 1.37. The molecule has 3 aromatic rings. The lowest BCUT2D eigenvalue weighted by Gasteiger charge is -2.30. The molecule has 1 N–H and O–H groups in total. The second-order valence-corrected chi connectivity index (χ2v) is 7.68. The van der Waals surface area contributed by atoms with Crippen molar-refractivity contribution in [2.24, 2.45) is 5.92 Å². The van der Waals surface area contributed by atoms with Crippen molar-refractivity contribution < 1.29 is 9.21 Å². The Kier molecular flexibility index (Phi) is 5.43. The highest BCUT2D eigenvalue weighted by Gasteiger charge is 2.16. The van der Waals surface area contributed by atoms with Crippen molar-refractivity contribution in [1.29, 1.82) is 0 Å². The minimum absolute atomic E-state index is 0.0815. The van der Waals surface area contributed by atoms with Crippen LogP contribution in [0.25, 0.3) is 21.9 Å². The number of nitrogens with zero attached hydrogens (tertiary/aromatic N) is 3. The fourth-order valence-electron chi connectivity index (χ4n) is 3.85. The van der Waals surface area contributed by atoms with Crippen molar-refractivity contribution in [3.63, 3.8) is 0 Å². The van der Waals surface area contributed by atoms with Gasteiger partial charge in [-0.25, -0.2) is 4.79 Å². The van der Waals surface area contributed by atoms with E-state index < -0.39 is 5.63 Å². The zero-order valence-corrected chi connectivity index (χ0v) is 16.2. The fourth-order valence-corrected chi connectivity index (χ4v) is 3.85. The maximum Gasteiger partial charge on any atom is 0.347 e. The Morgan fingerprint density at radius 3 is 2.86 bits per heavy atom. The number of likely N-dealkylation sites (tertiary alicyclic amines) is 1. The molecule has 2 aromatic heterocycles. The molecular weight excluding hydrogens is 356 g/mol. The molecule has 0 spiro atoms. The summed E-state index contributed by atoms with van der Waals surface area (Å²) in [4.78, 5) is 27.0. The van der Waals surface area contributed by atoms with Gasteiger partial charge in [-0.1, -0.05) is 19.1 Å². The van der Waals surface area contributed by atoms with Gasteiger partial charge < -0.3 is 14.6 Å². The van der Waals surface area contributed by atoms with Gasteiger partial charge in [0, 0.05) is 11.9 Å². The molecule has 1 amide bonds. The second kappa shape index (κ2) is 8.14. The molecule has 148 valence electrons. The number of carbonyl (C=O) groups is 1. The lowest BCUT2D eigenvalue weighted by molar-refractivity contribution is -0.121. The number of nitrogens with one attached hydrogen (secondary N) is 1. The molecule has 0 atom stereocenters. The number of hydrogen-bond acceptors (Lipinski definition) is 5. The molecule has 1 aliphatic heterocycles. The molecule has 7 heteroatoms. The van der Waals surface area contributed by atoms with Gasteiger partial charge in [-0.2, -0.15) is 5.10 Å². The molecule has 1 aliphatic rings. The maximum absolute atomic E-state index is 12.4. The lowest BCUT2D eigenvalue weighted by atomic mass is 9.99. The monoisotopic (exact) mass is 382 g/mol.